The Bertz CT molecular complexity index is 1520. The van der Waals surface area contributed by atoms with E-state index in [-0.39, 0.29) is 24.6 Å². The maximum Gasteiger partial charge on any atom is 0.354 e. The summed E-state index contributed by atoms with van der Waals surface area (Å²) >= 11 is 0. The second-order valence-electron chi connectivity index (χ2n) is 8.35. The summed E-state index contributed by atoms with van der Waals surface area (Å²) in [4.78, 5) is 40.7. The summed E-state index contributed by atoms with van der Waals surface area (Å²) in [5.74, 6) is 0.220. The van der Waals surface area contributed by atoms with Crippen molar-refractivity contribution in [3.8, 4) is 11.5 Å². The highest BCUT2D eigenvalue weighted by Crippen LogP contribution is 2.28. The number of aromatic nitrogens is 3. The van der Waals surface area contributed by atoms with E-state index in [0.29, 0.717) is 17.2 Å². The first-order valence-corrected chi connectivity index (χ1v) is 11.4. The largest absolute Gasteiger partial charge is 0.478 e. The summed E-state index contributed by atoms with van der Waals surface area (Å²) in [6.45, 7) is 6.04. The monoisotopic (exact) mass is 486 g/mol. The molecule has 0 aliphatic rings. The fourth-order valence-corrected chi connectivity index (χ4v) is 3.68. The van der Waals surface area contributed by atoms with Crippen LogP contribution < -0.4 is 21.4 Å². The Morgan fingerprint density at radius 2 is 1.67 bits per heavy atom. The minimum atomic E-state index is -1.01. The Balaban J connectivity index is 1.62. The van der Waals surface area contributed by atoms with Gasteiger partial charge < -0.3 is 15.2 Å². The summed E-state index contributed by atoms with van der Waals surface area (Å²) in [6, 6.07) is 19.2. The second kappa shape index (κ2) is 10.3. The zero-order chi connectivity index (χ0) is 25.8. The summed E-state index contributed by atoms with van der Waals surface area (Å²) < 4.78 is 8.42. The van der Waals surface area contributed by atoms with E-state index in [4.69, 9.17) is 9.84 Å². The Kier molecular flexibility index (Phi) is 7.00. The van der Waals surface area contributed by atoms with Crippen molar-refractivity contribution in [2.45, 2.75) is 33.9 Å². The summed E-state index contributed by atoms with van der Waals surface area (Å²) in [5.41, 5.74) is 2.54. The van der Waals surface area contributed by atoms with Gasteiger partial charge in [0.25, 0.3) is 0 Å². The Morgan fingerprint density at radius 1 is 0.972 bits per heavy atom. The highest BCUT2D eigenvalue weighted by atomic mass is 16.5. The fourth-order valence-electron chi connectivity index (χ4n) is 3.68. The molecule has 0 saturated carbocycles. The normalized spacial score (nSPS) is 10.8. The summed E-state index contributed by atoms with van der Waals surface area (Å²) in [7, 11) is 0. The number of anilines is 2. The van der Waals surface area contributed by atoms with Crippen LogP contribution in [0.2, 0.25) is 0 Å². The molecule has 9 nitrogen and oxygen atoms in total. The van der Waals surface area contributed by atoms with Gasteiger partial charge in [-0.25, -0.2) is 19.0 Å². The van der Waals surface area contributed by atoms with Crippen LogP contribution in [0.3, 0.4) is 0 Å². The van der Waals surface area contributed by atoms with Gasteiger partial charge in [-0.3, -0.25) is 4.57 Å². The van der Waals surface area contributed by atoms with Crippen LogP contribution in [0.15, 0.2) is 76.3 Å². The average molecular weight is 487 g/mol. The van der Waals surface area contributed by atoms with Gasteiger partial charge in [-0.2, -0.15) is 4.98 Å². The van der Waals surface area contributed by atoms with E-state index in [1.54, 1.807) is 31.2 Å². The second-order valence-corrected chi connectivity index (χ2v) is 8.35. The average Bonchev–Trinajstić information content (AvgIpc) is 2.85. The zero-order valence-corrected chi connectivity index (χ0v) is 20.2. The standard InChI is InChI=1S/C27H26N4O5/c1-4-30-26(34)29-25(31(27(30)35)16-19-7-5-17(2)6-8-19)28-21-11-14-23(18(3)15-21)36-22-12-9-20(10-13-22)24(32)33/h5-15H,4,16H2,1-3H3,(H,32,33)(H,28,29,34). The number of hydrogen-bond donors (Lipinski definition) is 2. The number of carboxylic acids is 1. The van der Waals surface area contributed by atoms with Crippen LogP contribution in [0.1, 0.15) is 34.0 Å². The van der Waals surface area contributed by atoms with Crippen molar-refractivity contribution in [2.24, 2.45) is 0 Å². The van der Waals surface area contributed by atoms with Gasteiger partial charge in [0, 0.05) is 12.2 Å². The van der Waals surface area contributed by atoms with Gasteiger partial charge in [0.15, 0.2) is 0 Å². The zero-order valence-electron chi connectivity index (χ0n) is 20.2. The van der Waals surface area contributed by atoms with Gasteiger partial charge in [-0.1, -0.05) is 29.8 Å². The van der Waals surface area contributed by atoms with Crippen LogP contribution in [0.4, 0.5) is 11.6 Å². The molecule has 1 aromatic heterocycles. The van der Waals surface area contributed by atoms with Gasteiger partial charge in [-0.05, 0) is 74.4 Å². The number of aromatic carboxylic acids is 1. The van der Waals surface area contributed by atoms with Crippen LogP contribution in [-0.2, 0) is 13.1 Å². The number of hydrogen-bond acceptors (Lipinski definition) is 6. The number of rotatable bonds is 8. The van der Waals surface area contributed by atoms with Gasteiger partial charge in [-0.15, -0.1) is 0 Å². The lowest BCUT2D eigenvalue weighted by molar-refractivity contribution is 0.0697. The highest BCUT2D eigenvalue weighted by molar-refractivity contribution is 5.87. The van der Waals surface area contributed by atoms with Crippen LogP contribution >= 0.6 is 0 Å². The van der Waals surface area contributed by atoms with Gasteiger partial charge >= 0.3 is 17.3 Å². The molecule has 0 radical (unpaired) electrons. The van der Waals surface area contributed by atoms with Crippen molar-refractivity contribution < 1.29 is 14.6 Å². The first kappa shape index (κ1) is 24.5. The fraction of sp³-hybridized carbons (Fsp3) is 0.185. The quantitative estimate of drug-likeness (QED) is 0.381. The van der Waals surface area contributed by atoms with Crippen LogP contribution in [-0.4, -0.2) is 25.2 Å². The molecule has 0 atom stereocenters. The molecule has 4 rings (SSSR count). The number of nitrogens with zero attached hydrogens (tertiary/aromatic N) is 3. The van der Waals surface area contributed by atoms with Gasteiger partial charge in [0.1, 0.15) is 11.5 Å². The number of benzene rings is 3. The van der Waals surface area contributed by atoms with E-state index < -0.39 is 17.3 Å². The third-order valence-electron chi connectivity index (χ3n) is 5.69. The van der Waals surface area contributed by atoms with Crippen molar-refractivity contribution >= 4 is 17.6 Å². The maximum atomic E-state index is 13.1. The van der Waals surface area contributed by atoms with E-state index in [1.807, 2.05) is 44.2 Å². The highest BCUT2D eigenvalue weighted by Gasteiger charge is 2.14. The molecule has 0 aliphatic heterocycles. The lowest BCUT2D eigenvalue weighted by atomic mass is 10.1. The Hall–Kier alpha value is -4.66. The van der Waals surface area contributed by atoms with Gasteiger partial charge in [0.2, 0.25) is 5.95 Å². The summed E-state index contributed by atoms with van der Waals surface area (Å²) in [6.07, 6.45) is 0. The Morgan fingerprint density at radius 3 is 2.28 bits per heavy atom. The summed E-state index contributed by atoms with van der Waals surface area (Å²) in [5, 5.41) is 12.1. The molecule has 9 heteroatoms. The van der Waals surface area contributed by atoms with E-state index in [1.165, 1.54) is 16.7 Å². The minimum absolute atomic E-state index is 0.146. The van der Waals surface area contributed by atoms with Crippen LogP contribution in [0, 0.1) is 13.8 Å². The molecule has 184 valence electrons. The molecule has 0 amide bonds. The van der Waals surface area contributed by atoms with E-state index >= 15 is 0 Å². The Labute approximate surface area is 207 Å². The molecule has 0 unspecified atom stereocenters. The molecule has 0 aliphatic carbocycles. The molecule has 2 N–H and O–H groups in total. The molecule has 3 aromatic carbocycles. The number of nitrogens with one attached hydrogen (secondary N) is 1. The third kappa shape index (κ3) is 5.35. The number of carboxylic acid groups (broad SMARTS) is 1. The van der Waals surface area contributed by atoms with Crippen LogP contribution in [0.25, 0.3) is 0 Å². The molecule has 0 bridgehead atoms. The molecule has 0 saturated heterocycles. The molecular formula is C27H26N4O5. The van der Waals surface area contributed by atoms with Crippen molar-refractivity contribution in [3.63, 3.8) is 0 Å². The smallest absolute Gasteiger partial charge is 0.354 e. The predicted octanol–water partition coefficient (Wildman–Crippen LogP) is 4.32. The molecule has 4 aromatic rings. The van der Waals surface area contributed by atoms with Gasteiger partial charge in [0.05, 0.1) is 12.1 Å². The molecular weight excluding hydrogens is 460 g/mol. The number of ether oxygens (including phenoxy) is 1. The van der Waals surface area contributed by atoms with Crippen molar-refractivity contribution in [3.05, 3.63) is 110 Å². The molecule has 1 heterocycles. The topological polar surface area (TPSA) is 115 Å². The predicted molar refractivity (Wildman–Crippen MR) is 137 cm³/mol. The molecule has 0 spiro atoms. The van der Waals surface area contributed by atoms with E-state index in [2.05, 4.69) is 10.3 Å². The lowest BCUT2D eigenvalue weighted by Crippen LogP contribution is -2.42. The first-order chi connectivity index (χ1) is 17.2. The van der Waals surface area contributed by atoms with Crippen LogP contribution in [0.5, 0.6) is 11.5 Å². The van der Waals surface area contributed by atoms with E-state index in [9.17, 15) is 14.4 Å². The van der Waals surface area contributed by atoms with E-state index in [0.717, 1.165) is 21.3 Å². The SMILES string of the molecule is CCn1c(=O)nc(Nc2ccc(Oc3ccc(C(=O)O)cc3)c(C)c2)n(Cc2ccc(C)cc2)c1=O. The van der Waals surface area contributed by atoms with Crippen molar-refractivity contribution in [1.29, 1.82) is 0 Å². The molecule has 36 heavy (non-hydrogen) atoms. The third-order valence-corrected chi connectivity index (χ3v) is 5.69. The lowest BCUT2D eigenvalue weighted by Gasteiger charge is -2.16. The maximum absolute atomic E-state index is 13.1. The van der Waals surface area contributed by atoms with Crippen molar-refractivity contribution in [2.75, 3.05) is 5.32 Å². The molecule has 0 fully saturated rings. The number of carbonyl (C=O) groups is 1. The number of aryl methyl sites for hydroxylation is 2. The van der Waals surface area contributed by atoms with Crippen molar-refractivity contribution in [1.82, 2.24) is 14.1 Å². The first-order valence-electron chi connectivity index (χ1n) is 11.4. The minimum Gasteiger partial charge on any atom is -0.478 e.